The zero-order chi connectivity index (χ0) is 11.4. The highest BCUT2D eigenvalue weighted by Crippen LogP contribution is 2.22. The Labute approximate surface area is 101 Å². The number of aryl methyl sites for hydroxylation is 1. The Morgan fingerprint density at radius 3 is 2.44 bits per heavy atom. The van der Waals surface area contributed by atoms with Gasteiger partial charge in [0.1, 0.15) is 11.5 Å². The lowest BCUT2D eigenvalue weighted by atomic mass is 10.2. The minimum absolute atomic E-state index is 0.505. The van der Waals surface area contributed by atoms with Crippen LogP contribution in [0.3, 0.4) is 0 Å². The smallest absolute Gasteiger partial charge is 0.127 e. The largest absolute Gasteiger partial charge is 0.457 e. The van der Waals surface area contributed by atoms with Crippen molar-refractivity contribution < 1.29 is 4.74 Å². The van der Waals surface area contributed by atoms with Gasteiger partial charge in [-0.2, -0.15) is 0 Å². The minimum atomic E-state index is 0.505. The van der Waals surface area contributed by atoms with E-state index in [1.807, 2.05) is 48.5 Å². The van der Waals surface area contributed by atoms with Gasteiger partial charge < -0.3 is 4.74 Å². The normalized spacial score (nSPS) is 10.1. The lowest BCUT2D eigenvalue weighted by Crippen LogP contribution is -1.85. The molecule has 0 atom stereocenters. The van der Waals surface area contributed by atoms with Gasteiger partial charge in [0, 0.05) is 5.88 Å². The molecular formula is C14H13ClO. The SMILES string of the molecule is Cc1ccc(Oc2cccc(CCl)c2)cc1. The van der Waals surface area contributed by atoms with E-state index in [2.05, 4.69) is 6.92 Å². The molecule has 0 unspecified atom stereocenters. The van der Waals surface area contributed by atoms with Crippen molar-refractivity contribution >= 4 is 11.6 Å². The van der Waals surface area contributed by atoms with E-state index in [9.17, 15) is 0 Å². The van der Waals surface area contributed by atoms with Crippen LogP contribution in [-0.2, 0) is 5.88 Å². The first-order valence-corrected chi connectivity index (χ1v) is 5.71. The highest BCUT2D eigenvalue weighted by Gasteiger charge is 1.98. The number of hydrogen-bond acceptors (Lipinski definition) is 1. The molecule has 0 fully saturated rings. The van der Waals surface area contributed by atoms with Crippen LogP contribution in [0.1, 0.15) is 11.1 Å². The van der Waals surface area contributed by atoms with E-state index >= 15 is 0 Å². The van der Waals surface area contributed by atoms with Gasteiger partial charge in [0.15, 0.2) is 0 Å². The summed E-state index contributed by atoms with van der Waals surface area (Å²) in [6.45, 7) is 2.05. The van der Waals surface area contributed by atoms with Crippen LogP contribution in [0.5, 0.6) is 11.5 Å². The molecule has 82 valence electrons. The molecule has 2 rings (SSSR count). The Morgan fingerprint density at radius 2 is 1.75 bits per heavy atom. The molecule has 2 aromatic carbocycles. The molecule has 0 aromatic heterocycles. The Bertz CT molecular complexity index is 462. The predicted octanol–water partition coefficient (Wildman–Crippen LogP) is 4.53. The molecule has 0 aliphatic carbocycles. The second-order valence-corrected chi connectivity index (χ2v) is 3.96. The van der Waals surface area contributed by atoms with Crippen molar-refractivity contribution in [3.8, 4) is 11.5 Å². The average molecular weight is 233 g/mol. The quantitative estimate of drug-likeness (QED) is 0.707. The summed E-state index contributed by atoms with van der Waals surface area (Å²) >= 11 is 5.77. The third kappa shape index (κ3) is 2.77. The van der Waals surface area contributed by atoms with Crippen molar-refractivity contribution in [1.82, 2.24) is 0 Å². The topological polar surface area (TPSA) is 9.23 Å². The summed E-state index contributed by atoms with van der Waals surface area (Å²) in [6, 6.07) is 15.8. The van der Waals surface area contributed by atoms with E-state index < -0.39 is 0 Å². The van der Waals surface area contributed by atoms with Crippen molar-refractivity contribution in [1.29, 1.82) is 0 Å². The Hall–Kier alpha value is -1.47. The molecule has 0 N–H and O–H groups in total. The summed E-state index contributed by atoms with van der Waals surface area (Å²) in [5.41, 5.74) is 2.29. The van der Waals surface area contributed by atoms with E-state index in [-0.39, 0.29) is 0 Å². The van der Waals surface area contributed by atoms with E-state index in [0.717, 1.165) is 17.1 Å². The molecule has 0 spiro atoms. The molecule has 2 heteroatoms. The molecule has 0 aliphatic heterocycles. The Morgan fingerprint density at radius 1 is 1.00 bits per heavy atom. The maximum Gasteiger partial charge on any atom is 0.127 e. The van der Waals surface area contributed by atoms with Gasteiger partial charge in [-0.25, -0.2) is 0 Å². The summed E-state index contributed by atoms with van der Waals surface area (Å²) in [7, 11) is 0. The first-order valence-electron chi connectivity index (χ1n) is 5.17. The van der Waals surface area contributed by atoms with Gasteiger partial charge in [0.05, 0.1) is 0 Å². The molecule has 2 aromatic rings. The van der Waals surface area contributed by atoms with E-state index in [4.69, 9.17) is 16.3 Å². The van der Waals surface area contributed by atoms with Gasteiger partial charge in [-0.3, -0.25) is 0 Å². The van der Waals surface area contributed by atoms with Crippen molar-refractivity contribution in [3.05, 3.63) is 59.7 Å². The van der Waals surface area contributed by atoms with Crippen LogP contribution < -0.4 is 4.74 Å². The van der Waals surface area contributed by atoms with Crippen LogP contribution in [0.15, 0.2) is 48.5 Å². The highest BCUT2D eigenvalue weighted by atomic mass is 35.5. The molecule has 16 heavy (non-hydrogen) atoms. The van der Waals surface area contributed by atoms with E-state index in [0.29, 0.717) is 5.88 Å². The minimum Gasteiger partial charge on any atom is -0.457 e. The number of halogens is 1. The molecule has 0 saturated carbocycles. The Balaban J connectivity index is 2.16. The van der Waals surface area contributed by atoms with Gasteiger partial charge >= 0.3 is 0 Å². The third-order valence-electron chi connectivity index (χ3n) is 2.31. The molecular weight excluding hydrogens is 220 g/mol. The van der Waals surface area contributed by atoms with Crippen LogP contribution in [0.25, 0.3) is 0 Å². The third-order valence-corrected chi connectivity index (χ3v) is 2.62. The lowest BCUT2D eigenvalue weighted by Gasteiger charge is -2.06. The predicted molar refractivity (Wildman–Crippen MR) is 67.3 cm³/mol. The summed E-state index contributed by atoms with van der Waals surface area (Å²) in [6.07, 6.45) is 0. The van der Waals surface area contributed by atoms with E-state index in [1.54, 1.807) is 0 Å². The molecule has 0 bridgehead atoms. The maximum atomic E-state index is 5.77. The number of ether oxygens (including phenoxy) is 1. The average Bonchev–Trinajstić information content (AvgIpc) is 2.32. The lowest BCUT2D eigenvalue weighted by molar-refractivity contribution is 0.482. The standard InChI is InChI=1S/C14H13ClO/c1-11-5-7-13(8-6-11)16-14-4-2-3-12(9-14)10-15/h2-9H,10H2,1H3. The van der Waals surface area contributed by atoms with Crippen LogP contribution >= 0.6 is 11.6 Å². The summed E-state index contributed by atoms with van der Waals surface area (Å²) < 4.78 is 5.72. The monoisotopic (exact) mass is 232 g/mol. The summed E-state index contributed by atoms with van der Waals surface area (Å²) in [5, 5.41) is 0. The maximum absolute atomic E-state index is 5.77. The van der Waals surface area contributed by atoms with Gasteiger partial charge in [0.2, 0.25) is 0 Å². The van der Waals surface area contributed by atoms with Crippen LogP contribution in [0.4, 0.5) is 0 Å². The molecule has 0 heterocycles. The van der Waals surface area contributed by atoms with Crippen molar-refractivity contribution in [2.75, 3.05) is 0 Å². The molecule has 0 amide bonds. The number of alkyl halides is 1. The fourth-order valence-electron chi connectivity index (χ4n) is 1.43. The number of hydrogen-bond donors (Lipinski definition) is 0. The molecule has 0 aliphatic rings. The molecule has 0 radical (unpaired) electrons. The van der Waals surface area contributed by atoms with Crippen LogP contribution in [0, 0.1) is 6.92 Å². The zero-order valence-electron chi connectivity index (χ0n) is 9.11. The fourth-order valence-corrected chi connectivity index (χ4v) is 1.60. The molecule has 1 nitrogen and oxygen atoms in total. The molecule has 0 saturated heterocycles. The first kappa shape index (κ1) is 11.0. The summed E-state index contributed by atoms with van der Waals surface area (Å²) in [4.78, 5) is 0. The van der Waals surface area contributed by atoms with Gasteiger partial charge in [-0.15, -0.1) is 11.6 Å². The van der Waals surface area contributed by atoms with Crippen molar-refractivity contribution in [2.45, 2.75) is 12.8 Å². The fraction of sp³-hybridized carbons (Fsp3) is 0.143. The summed E-state index contributed by atoms with van der Waals surface area (Å²) in [5.74, 6) is 2.17. The van der Waals surface area contributed by atoms with Crippen molar-refractivity contribution in [3.63, 3.8) is 0 Å². The van der Waals surface area contributed by atoms with Gasteiger partial charge in [0.25, 0.3) is 0 Å². The first-order chi connectivity index (χ1) is 7.78. The Kier molecular flexibility index (Phi) is 3.47. The second-order valence-electron chi connectivity index (χ2n) is 3.70. The zero-order valence-corrected chi connectivity index (χ0v) is 9.87. The second kappa shape index (κ2) is 5.04. The van der Waals surface area contributed by atoms with Crippen molar-refractivity contribution in [2.24, 2.45) is 0 Å². The van der Waals surface area contributed by atoms with Gasteiger partial charge in [-0.1, -0.05) is 29.8 Å². The number of benzene rings is 2. The van der Waals surface area contributed by atoms with E-state index in [1.165, 1.54) is 5.56 Å². The van der Waals surface area contributed by atoms with Crippen LogP contribution in [-0.4, -0.2) is 0 Å². The van der Waals surface area contributed by atoms with Crippen LogP contribution in [0.2, 0.25) is 0 Å². The highest BCUT2D eigenvalue weighted by molar-refractivity contribution is 6.17. The number of rotatable bonds is 3. The van der Waals surface area contributed by atoms with Gasteiger partial charge in [-0.05, 0) is 36.8 Å².